The number of nitrogens with zero attached hydrogens (tertiary/aromatic N) is 6. The lowest BCUT2D eigenvalue weighted by molar-refractivity contribution is 0.0702. The summed E-state index contributed by atoms with van der Waals surface area (Å²) < 4.78 is 1.72. The van der Waals surface area contributed by atoms with Gasteiger partial charge in [0.25, 0.3) is 5.91 Å². The van der Waals surface area contributed by atoms with Gasteiger partial charge in [0.05, 0.1) is 5.56 Å². The Hall–Kier alpha value is -2.88. The minimum atomic E-state index is -0.0430. The molecule has 0 saturated carbocycles. The molecule has 0 N–H and O–H groups in total. The number of amides is 1. The standard InChI is InChI=1S/C19H24N6O/c1-13-5-6-15(12-20)18(21-13)25-9-7-16(8-10-25)23(3)19(26)17-11-14(2)24(4)22-17/h5-6,11,16H,7-10H2,1-4H3. The molecule has 0 radical (unpaired) electrons. The van der Waals surface area contributed by atoms with Crippen molar-refractivity contribution in [3.8, 4) is 6.07 Å². The van der Waals surface area contributed by atoms with Crippen LogP contribution in [0.1, 0.15) is 40.3 Å². The summed E-state index contributed by atoms with van der Waals surface area (Å²) in [6.07, 6.45) is 1.68. The maximum atomic E-state index is 12.7. The van der Waals surface area contributed by atoms with Gasteiger partial charge in [0.2, 0.25) is 0 Å². The molecule has 0 spiro atoms. The largest absolute Gasteiger partial charge is 0.355 e. The van der Waals surface area contributed by atoms with Crippen LogP contribution < -0.4 is 4.90 Å². The van der Waals surface area contributed by atoms with Crippen molar-refractivity contribution < 1.29 is 4.79 Å². The Labute approximate surface area is 153 Å². The second-order valence-electron chi connectivity index (χ2n) is 6.86. The van der Waals surface area contributed by atoms with E-state index in [1.54, 1.807) is 9.58 Å². The molecule has 136 valence electrons. The van der Waals surface area contributed by atoms with E-state index in [1.165, 1.54) is 0 Å². The van der Waals surface area contributed by atoms with Crippen molar-refractivity contribution in [2.45, 2.75) is 32.7 Å². The molecule has 7 heteroatoms. The first-order valence-corrected chi connectivity index (χ1v) is 8.81. The van der Waals surface area contributed by atoms with Gasteiger partial charge in [-0.15, -0.1) is 0 Å². The third kappa shape index (κ3) is 3.40. The Bertz CT molecular complexity index is 838. The van der Waals surface area contributed by atoms with Gasteiger partial charge in [-0.05, 0) is 44.9 Å². The molecule has 2 aromatic heterocycles. The van der Waals surface area contributed by atoms with Gasteiger partial charge in [0, 0.05) is 44.6 Å². The van der Waals surface area contributed by atoms with E-state index in [4.69, 9.17) is 0 Å². The second kappa shape index (κ2) is 7.16. The molecule has 0 aliphatic carbocycles. The highest BCUT2D eigenvalue weighted by molar-refractivity contribution is 5.92. The zero-order valence-electron chi connectivity index (χ0n) is 15.7. The van der Waals surface area contributed by atoms with Gasteiger partial charge in [-0.25, -0.2) is 4.98 Å². The smallest absolute Gasteiger partial charge is 0.274 e. The number of piperidine rings is 1. The summed E-state index contributed by atoms with van der Waals surface area (Å²) in [6.45, 7) is 5.41. The van der Waals surface area contributed by atoms with Crippen LogP contribution in [0.5, 0.6) is 0 Å². The zero-order chi connectivity index (χ0) is 18.8. The molecule has 1 saturated heterocycles. The number of carbonyl (C=O) groups excluding carboxylic acids is 1. The average molecular weight is 352 g/mol. The molecule has 1 aliphatic rings. The molecular formula is C19H24N6O. The number of carbonyl (C=O) groups is 1. The number of anilines is 1. The maximum absolute atomic E-state index is 12.7. The lowest BCUT2D eigenvalue weighted by Gasteiger charge is -2.37. The van der Waals surface area contributed by atoms with Gasteiger partial charge < -0.3 is 9.80 Å². The highest BCUT2D eigenvalue weighted by atomic mass is 16.2. The summed E-state index contributed by atoms with van der Waals surface area (Å²) in [6, 6.07) is 7.89. The summed E-state index contributed by atoms with van der Waals surface area (Å²) in [5.41, 5.74) is 2.95. The topological polar surface area (TPSA) is 78.0 Å². The fourth-order valence-corrected chi connectivity index (χ4v) is 3.35. The average Bonchev–Trinajstić information content (AvgIpc) is 2.99. The third-order valence-corrected chi connectivity index (χ3v) is 5.10. The van der Waals surface area contributed by atoms with E-state index in [2.05, 4.69) is 21.1 Å². The van der Waals surface area contributed by atoms with Crippen LogP contribution in [0.2, 0.25) is 0 Å². The zero-order valence-corrected chi connectivity index (χ0v) is 15.7. The maximum Gasteiger partial charge on any atom is 0.274 e. The highest BCUT2D eigenvalue weighted by Crippen LogP contribution is 2.24. The van der Waals surface area contributed by atoms with Gasteiger partial charge >= 0.3 is 0 Å². The monoisotopic (exact) mass is 352 g/mol. The van der Waals surface area contributed by atoms with Crippen LogP contribution in [0.3, 0.4) is 0 Å². The van der Waals surface area contributed by atoms with Crippen LogP contribution in [-0.2, 0) is 7.05 Å². The van der Waals surface area contributed by atoms with Crippen LogP contribution >= 0.6 is 0 Å². The number of pyridine rings is 1. The summed E-state index contributed by atoms with van der Waals surface area (Å²) in [5.74, 6) is 0.707. The number of aryl methyl sites for hydroxylation is 3. The molecule has 2 aromatic rings. The number of hydrogen-bond acceptors (Lipinski definition) is 5. The minimum Gasteiger partial charge on any atom is -0.355 e. The molecule has 0 aromatic carbocycles. The van der Waals surface area contributed by atoms with E-state index in [1.807, 2.05) is 46.1 Å². The van der Waals surface area contributed by atoms with Crippen molar-refractivity contribution in [3.05, 3.63) is 40.8 Å². The Kier molecular flexibility index (Phi) is 4.94. The summed E-state index contributed by atoms with van der Waals surface area (Å²) >= 11 is 0. The Morgan fingerprint density at radius 3 is 2.58 bits per heavy atom. The van der Waals surface area contributed by atoms with Crippen LogP contribution in [0.25, 0.3) is 0 Å². The summed E-state index contributed by atoms with van der Waals surface area (Å²) in [5, 5.41) is 13.6. The highest BCUT2D eigenvalue weighted by Gasteiger charge is 2.28. The van der Waals surface area contributed by atoms with Gasteiger partial charge in [-0.2, -0.15) is 10.4 Å². The minimum absolute atomic E-state index is 0.0430. The van der Waals surface area contributed by atoms with Crippen molar-refractivity contribution in [2.75, 3.05) is 25.0 Å². The summed E-state index contributed by atoms with van der Waals surface area (Å²) in [4.78, 5) is 21.2. The molecule has 0 atom stereocenters. The molecule has 3 rings (SSSR count). The Morgan fingerprint density at radius 2 is 2.00 bits per heavy atom. The number of hydrogen-bond donors (Lipinski definition) is 0. The van der Waals surface area contributed by atoms with Crippen molar-refractivity contribution in [1.29, 1.82) is 5.26 Å². The van der Waals surface area contributed by atoms with Gasteiger partial charge in [-0.3, -0.25) is 9.48 Å². The van der Waals surface area contributed by atoms with Crippen LogP contribution in [0.4, 0.5) is 5.82 Å². The molecule has 1 amide bonds. The van der Waals surface area contributed by atoms with Crippen molar-refractivity contribution in [2.24, 2.45) is 7.05 Å². The Morgan fingerprint density at radius 1 is 1.31 bits per heavy atom. The predicted octanol–water partition coefficient (Wildman–Crippen LogP) is 2.04. The lowest BCUT2D eigenvalue weighted by atomic mass is 10.0. The first-order valence-electron chi connectivity index (χ1n) is 8.81. The molecule has 3 heterocycles. The number of aromatic nitrogens is 3. The summed E-state index contributed by atoms with van der Waals surface area (Å²) in [7, 11) is 3.69. The number of nitriles is 1. The predicted molar refractivity (Wildman–Crippen MR) is 99.0 cm³/mol. The SMILES string of the molecule is Cc1ccc(C#N)c(N2CCC(N(C)C(=O)c3cc(C)n(C)n3)CC2)n1. The first-order chi connectivity index (χ1) is 12.4. The lowest BCUT2D eigenvalue weighted by Crippen LogP contribution is -2.46. The molecular weight excluding hydrogens is 328 g/mol. The van der Waals surface area contributed by atoms with E-state index in [0.29, 0.717) is 11.3 Å². The first kappa shape index (κ1) is 17.9. The van der Waals surface area contributed by atoms with E-state index in [0.717, 1.165) is 43.1 Å². The fourth-order valence-electron chi connectivity index (χ4n) is 3.35. The van der Waals surface area contributed by atoms with E-state index < -0.39 is 0 Å². The molecule has 7 nitrogen and oxygen atoms in total. The van der Waals surface area contributed by atoms with Crippen LogP contribution in [0.15, 0.2) is 18.2 Å². The van der Waals surface area contributed by atoms with Crippen LogP contribution in [0, 0.1) is 25.2 Å². The van der Waals surface area contributed by atoms with Crippen molar-refractivity contribution in [1.82, 2.24) is 19.7 Å². The third-order valence-electron chi connectivity index (χ3n) is 5.10. The number of rotatable bonds is 3. The molecule has 0 bridgehead atoms. The normalized spacial score (nSPS) is 15.0. The van der Waals surface area contributed by atoms with E-state index in [9.17, 15) is 10.1 Å². The van der Waals surface area contributed by atoms with Crippen molar-refractivity contribution >= 4 is 11.7 Å². The Balaban J connectivity index is 1.68. The molecule has 0 unspecified atom stereocenters. The molecule has 26 heavy (non-hydrogen) atoms. The van der Waals surface area contributed by atoms with Crippen molar-refractivity contribution in [3.63, 3.8) is 0 Å². The van der Waals surface area contributed by atoms with Gasteiger partial charge in [0.1, 0.15) is 11.9 Å². The molecule has 1 aliphatic heterocycles. The van der Waals surface area contributed by atoms with E-state index in [-0.39, 0.29) is 11.9 Å². The molecule has 1 fully saturated rings. The van der Waals surface area contributed by atoms with Gasteiger partial charge in [-0.1, -0.05) is 0 Å². The van der Waals surface area contributed by atoms with E-state index >= 15 is 0 Å². The van der Waals surface area contributed by atoms with Crippen LogP contribution in [-0.4, -0.2) is 51.8 Å². The van der Waals surface area contributed by atoms with Gasteiger partial charge in [0.15, 0.2) is 5.69 Å². The fraction of sp³-hybridized carbons (Fsp3) is 0.474. The quantitative estimate of drug-likeness (QED) is 0.845. The second-order valence-corrected chi connectivity index (χ2v) is 6.86.